The lowest BCUT2D eigenvalue weighted by atomic mass is 10.1. The van der Waals surface area contributed by atoms with Crippen molar-refractivity contribution in [3.8, 4) is 17.0 Å². The second-order valence-corrected chi connectivity index (χ2v) is 8.11. The molecule has 0 saturated carbocycles. The van der Waals surface area contributed by atoms with Crippen LogP contribution in [0.15, 0.2) is 52.6 Å². The normalized spacial score (nSPS) is 11.7. The zero-order chi connectivity index (χ0) is 20.3. The minimum atomic E-state index is -3.77. The van der Waals surface area contributed by atoms with E-state index in [1.165, 1.54) is 6.21 Å². The average Bonchev–Trinajstić information content (AvgIpc) is 3.09. The van der Waals surface area contributed by atoms with E-state index in [9.17, 15) is 8.42 Å². The number of ether oxygens (including phenoxy) is 1. The van der Waals surface area contributed by atoms with E-state index in [-0.39, 0.29) is 4.90 Å². The Morgan fingerprint density at radius 3 is 2.36 bits per heavy atom. The Kier molecular flexibility index (Phi) is 5.51. The summed E-state index contributed by atoms with van der Waals surface area (Å²) in [6.45, 7) is 5.48. The number of methoxy groups -OCH3 is 1. The molecule has 0 radical (unpaired) electrons. The van der Waals surface area contributed by atoms with E-state index < -0.39 is 10.0 Å². The fourth-order valence-electron chi connectivity index (χ4n) is 3.18. The number of hydrogen-bond acceptors (Lipinski definition) is 5. The number of nitrogens with zero attached hydrogens (tertiary/aromatic N) is 2. The Balaban J connectivity index is 1.83. The van der Waals surface area contributed by atoms with Gasteiger partial charge in [-0.25, -0.2) is 4.83 Å². The Bertz CT molecular complexity index is 1090. The summed E-state index contributed by atoms with van der Waals surface area (Å²) in [5.74, 6) is 0.745. The molecule has 0 amide bonds. The van der Waals surface area contributed by atoms with Crippen LogP contribution in [0.1, 0.15) is 22.3 Å². The summed E-state index contributed by atoms with van der Waals surface area (Å²) in [6, 6.07) is 11.1. The van der Waals surface area contributed by atoms with Crippen molar-refractivity contribution in [2.75, 3.05) is 7.11 Å². The zero-order valence-electron chi connectivity index (χ0n) is 16.1. The van der Waals surface area contributed by atoms with Crippen LogP contribution in [0.4, 0.5) is 0 Å². The van der Waals surface area contributed by atoms with Crippen LogP contribution in [0, 0.1) is 20.8 Å². The second-order valence-electron chi connectivity index (χ2n) is 6.51. The third-order valence-corrected chi connectivity index (χ3v) is 5.82. The maximum Gasteiger partial charge on any atom is 0.277 e. The molecule has 0 bridgehead atoms. The molecule has 3 rings (SSSR count). The smallest absolute Gasteiger partial charge is 0.277 e. The van der Waals surface area contributed by atoms with Gasteiger partial charge in [-0.1, -0.05) is 17.7 Å². The Morgan fingerprint density at radius 2 is 1.75 bits per heavy atom. The molecule has 0 aliphatic carbocycles. The number of hydrazone groups is 1. The predicted molar refractivity (Wildman–Crippen MR) is 109 cm³/mol. The lowest BCUT2D eigenvalue weighted by molar-refractivity contribution is 0.415. The molecule has 146 valence electrons. The number of aromatic nitrogens is 2. The maximum absolute atomic E-state index is 12.7. The molecule has 3 aromatic rings. The topological polar surface area (TPSA) is 96.4 Å². The molecule has 0 aliphatic heterocycles. The van der Waals surface area contributed by atoms with Gasteiger partial charge in [-0.3, -0.25) is 5.10 Å². The van der Waals surface area contributed by atoms with Gasteiger partial charge in [0.05, 0.1) is 30.1 Å². The summed E-state index contributed by atoms with van der Waals surface area (Å²) in [7, 11) is -2.17. The van der Waals surface area contributed by atoms with Gasteiger partial charge in [0.1, 0.15) is 5.75 Å². The third kappa shape index (κ3) is 4.07. The summed E-state index contributed by atoms with van der Waals surface area (Å²) >= 11 is 0. The molecule has 0 spiro atoms. The van der Waals surface area contributed by atoms with Crippen LogP contribution in [0.5, 0.6) is 5.75 Å². The minimum Gasteiger partial charge on any atom is -0.497 e. The van der Waals surface area contributed by atoms with Gasteiger partial charge in [0.25, 0.3) is 10.0 Å². The van der Waals surface area contributed by atoms with Crippen LogP contribution in [0.25, 0.3) is 11.3 Å². The van der Waals surface area contributed by atoms with Crippen LogP contribution in [0.2, 0.25) is 0 Å². The zero-order valence-corrected chi connectivity index (χ0v) is 17.0. The van der Waals surface area contributed by atoms with Gasteiger partial charge >= 0.3 is 0 Å². The summed E-state index contributed by atoms with van der Waals surface area (Å²) in [6.07, 6.45) is 3.01. The van der Waals surface area contributed by atoms with Crippen molar-refractivity contribution in [3.63, 3.8) is 0 Å². The summed E-state index contributed by atoms with van der Waals surface area (Å²) in [4.78, 5) is 2.54. The fourth-order valence-corrected chi connectivity index (χ4v) is 4.43. The number of aromatic amines is 1. The summed E-state index contributed by atoms with van der Waals surface area (Å²) in [5, 5.41) is 10.9. The van der Waals surface area contributed by atoms with Gasteiger partial charge < -0.3 is 4.74 Å². The second kappa shape index (κ2) is 7.85. The third-order valence-electron chi connectivity index (χ3n) is 4.30. The maximum atomic E-state index is 12.7. The Hall–Kier alpha value is -3.13. The molecule has 0 atom stereocenters. The van der Waals surface area contributed by atoms with E-state index in [1.807, 2.05) is 43.3 Å². The van der Waals surface area contributed by atoms with Gasteiger partial charge in [-0.15, -0.1) is 0 Å². The SMILES string of the molecule is COc1ccc(-c2[nH]ncc2/C=N/NS(=O)(=O)c2c(C)cc(C)cc2C)cc1. The number of benzene rings is 2. The average molecular weight is 398 g/mol. The number of aryl methyl sites for hydroxylation is 3. The van der Waals surface area contributed by atoms with E-state index in [0.29, 0.717) is 16.7 Å². The van der Waals surface area contributed by atoms with Crippen LogP contribution in [0.3, 0.4) is 0 Å². The van der Waals surface area contributed by atoms with Crippen LogP contribution < -0.4 is 9.57 Å². The fraction of sp³-hybridized carbons (Fsp3) is 0.200. The van der Waals surface area contributed by atoms with Gasteiger partial charge in [-0.05, 0) is 56.2 Å². The molecule has 7 nitrogen and oxygen atoms in total. The van der Waals surface area contributed by atoms with Crippen molar-refractivity contribution in [2.45, 2.75) is 25.7 Å². The van der Waals surface area contributed by atoms with E-state index >= 15 is 0 Å². The highest BCUT2D eigenvalue weighted by Crippen LogP contribution is 2.23. The van der Waals surface area contributed by atoms with E-state index in [2.05, 4.69) is 20.1 Å². The Labute approximate surface area is 164 Å². The first kappa shape index (κ1) is 19.6. The van der Waals surface area contributed by atoms with Crippen molar-refractivity contribution >= 4 is 16.2 Å². The van der Waals surface area contributed by atoms with Gasteiger partial charge in [0, 0.05) is 11.1 Å². The van der Waals surface area contributed by atoms with Crippen molar-refractivity contribution in [3.05, 3.63) is 64.8 Å². The van der Waals surface area contributed by atoms with Crippen LogP contribution in [-0.4, -0.2) is 31.9 Å². The highest BCUT2D eigenvalue weighted by Gasteiger charge is 2.19. The highest BCUT2D eigenvalue weighted by atomic mass is 32.2. The largest absolute Gasteiger partial charge is 0.497 e. The monoisotopic (exact) mass is 398 g/mol. The molecule has 8 heteroatoms. The lowest BCUT2D eigenvalue weighted by Gasteiger charge is -2.11. The number of rotatable bonds is 6. The molecule has 0 unspecified atom stereocenters. The minimum absolute atomic E-state index is 0.248. The molecule has 0 aliphatic rings. The molecule has 0 fully saturated rings. The van der Waals surface area contributed by atoms with Crippen molar-refractivity contribution in [1.29, 1.82) is 0 Å². The first-order chi connectivity index (χ1) is 13.3. The lowest BCUT2D eigenvalue weighted by Crippen LogP contribution is -2.20. The first-order valence-corrected chi connectivity index (χ1v) is 10.1. The van der Waals surface area contributed by atoms with Crippen LogP contribution >= 0.6 is 0 Å². The van der Waals surface area contributed by atoms with Gasteiger partial charge in [-0.2, -0.15) is 18.6 Å². The number of H-pyrrole nitrogens is 1. The number of hydrogen-bond donors (Lipinski definition) is 2. The number of sulfonamides is 1. The molecule has 2 N–H and O–H groups in total. The molecule has 0 saturated heterocycles. The quantitative estimate of drug-likeness (QED) is 0.492. The van der Waals surface area contributed by atoms with Gasteiger partial charge in [0.2, 0.25) is 0 Å². The number of nitrogens with one attached hydrogen (secondary N) is 2. The Morgan fingerprint density at radius 1 is 1.11 bits per heavy atom. The molecule has 1 heterocycles. The first-order valence-electron chi connectivity index (χ1n) is 8.62. The molecule has 1 aromatic heterocycles. The summed E-state index contributed by atoms with van der Waals surface area (Å²) in [5.41, 5.74) is 4.65. The van der Waals surface area contributed by atoms with Crippen LogP contribution in [-0.2, 0) is 10.0 Å². The van der Waals surface area contributed by atoms with Crippen molar-refractivity contribution in [2.24, 2.45) is 5.10 Å². The summed E-state index contributed by atoms with van der Waals surface area (Å²) < 4.78 is 30.5. The molecule has 28 heavy (non-hydrogen) atoms. The predicted octanol–water partition coefficient (Wildman–Crippen LogP) is 3.32. The molecular formula is C20H22N4O3S. The molecule has 2 aromatic carbocycles. The van der Waals surface area contributed by atoms with Crippen molar-refractivity contribution in [1.82, 2.24) is 15.0 Å². The van der Waals surface area contributed by atoms with E-state index in [1.54, 1.807) is 27.2 Å². The van der Waals surface area contributed by atoms with E-state index in [4.69, 9.17) is 4.74 Å². The molecular weight excluding hydrogens is 376 g/mol. The van der Waals surface area contributed by atoms with Crippen molar-refractivity contribution < 1.29 is 13.2 Å². The van der Waals surface area contributed by atoms with Gasteiger partial charge in [0.15, 0.2) is 0 Å². The highest BCUT2D eigenvalue weighted by molar-refractivity contribution is 7.89. The van der Waals surface area contributed by atoms with E-state index in [0.717, 1.165) is 22.6 Å². The standard InChI is InChI=1S/C20H22N4O3S/c1-13-9-14(2)20(15(3)10-13)28(25,26)24-22-12-17-11-21-23-19(17)16-5-7-18(27-4)8-6-16/h5-12,24H,1-4H3,(H,21,23)/b22-12+.